The summed E-state index contributed by atoms with van der Waals surface area (Å²) in [7, 11) is 2.02. The van der Waals surface area contributed by atoms with E-state index in [1.54, 1.807) is 0 Å². The summed E-state index contributed by atoms with van der Waals surface area (Å²) in [6.45, 7) is 2.35. The Morgan fingerprint density at radius 1 is 1.00 bits per heavy atom. The van der Waals surface area contributed by atoms with Gasteiger partial charge in [0.05, 0.1) is 11.2 Å². The van der Waals surface area contributed by atoms with Crippen LogP contribution in [0.5, 0.6) is 0 Å². The summed E-state index contributed by atoms with van der Waals surface area (Å²) in [5, 5.41) is 1.21. The highest BCUT2D eigenvalue weighted by atomic mass is 15.2. The fraction of sp³-hybridized carbons (Fsp3) is 0.200. The fourth-order valence-corrected chi connectivity index (χ4v) is 2.80. The number of nitrogens with zero attached hydrogens (tertiary/aromatic N) is 3. The molecule has 0 bridgehead atoms. The van der Waals surface area contributed by atoms with Crippen molar-refractivity contribution in [2.45, 2.75) is 6.42 Å². The van der Waals surface area contributed by atoms with Crippen molar-refractivity contribution in [2.24, 2.45) is 7.05 Å². The molecule has 1 fully saturated rings. The third kappa shape index (κ3) is 2.95. The Labute approximate surface area is 136 Å². The second kappa shape index (κ2) is 5.84. The lowest BCUT2D eigenvalue weighted by atomic mass is 10.1. The van der Waals surface area contributed by atoms with Gasteiger partial charge in [-0.1, -0.05) is 12.1 Å². The number of aryl methyl sites for hydroxylation is 1. The molecule has 1 aliphatic rings. The summed E-state index contributed by atoms with van der Waals surface area (Å²) in [6.07, 6.45) is 9.56. The number of pyridine rings is 2. The molecule has 0 spiro atoms. The Morgan fingerprint density at radius 3 is 2.57 bits per heavy atom. The minimum Gasteiger partial charge on any atom is -0.371 e. The van der Waals surface area contributed by atoms with Gasteiger partial charge in [-0.05, 0) is 42.3 Å². The first-order valence-corrected chi connectivity index (χ1v) is 8.07. The van der Waals surface area contributed by atoms with Gasteiger partial charge in [-0.3, -0.25) is 0 Å². The molecule has 0 amide bonds. The van der Waals surface area contributed by atoms with Crippen molar-refractivity contribution < 1.29 is 4.57 Å². The van der Waals surface area contributed by atoms with Crippen molar-refractivity contribution in [3.05, 3.63) is 66.1 Å². The van der Waals surface area contributed by atoms with E-state index in [2.05, 4.69) is 59.5 Å². The van der Waals surface area contributed by atoms with Crippen LogP contribution in [-0.4, -0.2) is 18.1 Å². The number of fused-ring (bicyclic) bond motifs is 1. The predicted octanol–water partition coefficient (Wildman–Crippen LogP) is 3.44. The van der Waals surface area contributed by atoms with Gasteiger partial charge in [-0.2, -0.15) is 0 Å². The molecule has 3 heterocycles. The Hall–Kier alpha value is -2.68. The van der Waals surface area contributed by atoms with Gasteiger partial charge in [-0.15, -0.1) is 0 Å². The van der Waals surface area contributed by atoms with Crippen LogP contribution in [0.1, 0.15) is 17.7 Å². The Balaban J connectivity index is 1.59. The maximum atomic E-state index is 4.74. The molecule has 4 rings (SSSR count). The van der Waals surface area contributed by atoms with Crippen molar-refractivity contribution in [3.63, 3.8) is 0 Å². The summed E-state index contributed by atoms with van der Waals surface area (Å²) in [5.74, 6) is 0. The number of rotatable bonds is 3. The average Bonchev–Trinajstić information content (AvgIpc) is 2.53. The summed E-state index contributed by atoms with van der Waals surface area (Å²) in [6, 6.07) is 15.0. The molecule has 114 valence electrons. The van der Waals surface area contributed by atoms with Gasteiger partial charge in [0.1, 0.15) is 7.05 Å². The molecule has 0 atom stereocenters. The number of aromatic nitrogens is 2. The quantitative estimate of drug-likeness (QED) is 0.691. The maximum absolute atomic E-state index is 4.74. The molecule has 1 aromatic carbocycles. The molecular formula is C20H20N3+. The molecule has 0 aliphatic carbocycles. The third-order valence-corrected chi connectivity index (χ3v) is 4.37. The lowest BCUT2D eigenvalue weighted by molar-refractivity contribution is -0.671. The normalized spacial score (nSPS) is 14.4. The molecule has 2 aromatic heterocycles. The highest BCUT2D eigenvalue weighted by molar-refractivity contribution is 5.84. The van der Waals surface area contributed by atoms with Gasteiger partial charge in [0.2, 0.25) is 0 Å². The summed E-state index contributed by atoms with van der Waals surface area (Å²) < 4.78 is 2.03. The van der Waals surface area contributed by atoms with Crippen LogP contribution in [0.25, 0.3) is 23.1 Å². The lowest BCUT2D eigenvalue weighted by Gasteiger charge is -2.33. The Bertz CT molecular complexity index is 862. The largest absolute Gasteiger partial charge is 0.371 e. The molecule has 1 aliphatic heterocycles. The topological polar surface area (TPSA) is 20.0 Å². The van der Waals surface area contributed by atoms with Gasteiger partial charge in [0, 0.05) is 36.3 Å². The number of hydrogen-bond donors (Lipinski definition) is 0. The van der Waals surface area contributed by atoms with E-state index >= 15 is 0 Å². The Kier molecular flexibility index (Phi) is 3.54. The average molecular weight is 302 g/mol. The predicted molar refractivity (Wildman–Crippen MR) is 95.1 cm³/mol. The van der Waals surface area contributed by atoms with Crippen molar-refractivity contribution in [1.29, 1.82) is 0 Å². The SMILES string of the molecule is C[n+]1ccc(C=Cc2ccc3cc(N4CCC4)ccc3n2)cc1. The fourth-order valence-electron chi connectivity index (χ4n) is 2.80. The van der Waals surface area contributed by atoms with Gasteiger partial charge in [0.15, 0.2) is 12.4 Å². The zero-order valence-corrected chi connectivity index (χ0v) is 13.3. The van der Waals surface area contributed by atoms with E-state index in [1.807, 2.05) is 24.0 Å². The van der Waals surface area contributed by atoms with Crippen molar-refractivity contribution in [2.75, 3.05) is 18.0 Å². The molecule has 3 aromatic rings. The molecule has 3 heteroatoms. The van der Waals surface area contributed by atoms with Gasteiger partial charge in [-0.25, -0.2) is 9.55 Å². The smallest absolute Gasteiger partial charge is 0.169 e. The summed E-state index contributed by atoms with van der Waals surface area (Å²) in [5.41, 5.74) is 4.53. The number of benzene rings is 1. The van der Waals surface area contributed by atoms with Gasteiger partial charge < -0.3 is 4.90 Å². The summed E-state index contributed by atoms with van der Waals surface area (Å²) >= 11 is 0. The molecular weight excluding hydrogens is 282 g/mol. The standard InChI is InChI=1S/C20H20N3/c1-22-13-9-16(10-14-22)3-5-18-6-4-17-15-19(23-11-2-12-23)7-8-20(17)21-18/h3-10,13-15H,2,11-12H2,1H3/q+1. The zero-order chi connectivity index (χ0) is 15.6. The van der Waals surface area contributed by atoms with E-state index in [4.69, 9.17) is 4.98 Å². The van der Waals surface area contributed by atoms with Crippen LogP contribution in [0.4, 0.5) is 5.69 Å². The van der Waals surface area contributed by atoms with Crippen LogP contribution in [0.3, 0.4) is 0 Å². The van der Waals surface area contributed by atoms with Crippen LogP contribution >= 0.6 is 0 Å². The monoisotopic (exact) mass is 302 g/mol. The van der Waals surface area contributed by atoms with E-state index in [0.717, 1.165) is 11.2 Å². The van der Waals surface area contributed by atoms with Crippen molar-refractivity contribution in [3.8, 4) is 0 Å². The molecule has 3 nitrogen and oxygen atoms in total. The molecule has 23 heavy (non-hydrogen) atoms. The van der Waals surface area contributed by atoms with Crippen LogP contribution in [-0.2, 0) is 7.05 Å². The van der Waals surface area contributed by atoms with E-state index in [1.165, 1.54) is 36.1 Å². The highest BCUT2D eigenvalue weighted by Crippen LogP contribution is 2.25. The third-order valence-electron chi connectivity index (χ3n) is 4.37. The second-order valence-corrected chi connectivity index (χ2v) is 6.08. The van der Waals surface area contributed by atoms with Crippen LogP contribution < -0.4 is 9.47 Å². The van der Waals surface area contributed by atoms with Gasteiger partial charge >= 0.3 is 0 Å². The van der Waals surface area contributed by atoms with E-state index in [9.17, 15) is 0 Å². The first-order chi connectivity index (χ1) is 11.3. The first-order valence-electron chi connectivity index (χ1n) is 8.07. The maximum Gasteiger partial charge on any atom is 0.169 e. The molecule has 0 saturated carbocycles. The number of hydrogen-bond acceptors (Lipinski definition) is 2. The van der Waals surface area contributed by atoms with Crippen LogP contribution in [0, 0.1) is 0 Å². The number of anilines is 1. The molecule has 0 radical (unpaired) electrons. The zero-order valence-electron chi connectivity index (χ0n) is 13.3. The highest BCUT2D eigenvalue weighted by Gasteiger charge is 2.14. The van der Waals surface area contributed by atoms with E-state index < -0.39 is 0 Å². The first kappa shape index (κ1) is 13.9. The van der Waals surface area contributed by atoms with E-state index in [0.29, 0.717) is 0 Å². The van der Waals surface area contributed by atoms with Crippen molar-refractivity contribution >= 4 is 28.7 Å². The van der Waals surface area contributed by atoms with Crippen molar-refractivity contribution in [1.82, 2.24) is 4.98 Å². The molecule has 1 saturated heterocycles. The van der Waals surface area contributed by atoms with Crippen LogP contribution in [0.15, 0.2) is 54.9 Å². The minimum absolute atomic E-state index is 0.988. The molecule has 0 N–H and O–H groups in total. The summed E-state index contributed by atoms with van der Waals surface area (Å²) in [4.78, 5) is 7.15. The van der Waals surface area contributed by atoms with Gasteiger partial charge in [0.25, 0.3) is 0 Å². The Morgan fingerprint density at radius 2 is 1.83 bits per heavy atom. The lowest BCUT2D eigenvalue weighted by Crippen LogP contribution is -2.36. The van der Waals surface area contributed by atoms with Crippen LogP contribution in [0.2, 0.25) is 0 Å². The molecule has 0 unspecified atom stereocenters. The van der Waals surface area contributed by atoms with E-state index in [-0.39, 0.29) is 0 Å². The minimum atomic E-state index is 0.988. The second-order valence-electron chi connectivity index (χ2n) is 6.08.